The third kappa shape index (κ3) is 3.37. The van der Waals surface area contributed by atoms with Gasteiger partial charge in [0.15, 0.2) is 0 Å². The predicted molar refractivity (Wildman–Crippen MR) is 84.2 cm³/mol. The molecule has 2 aromatic carbocycles. The van der Waals surface area contributed by atoms with Crippen molar-refractivity contribution < 1.29 is 0 Å². The van der Waals surface area contributed by atoms with Crippen molar-refractivity contribution in [2.75, 3.05) is 0 Å². The minimum Gasteiger partial charge on any atom is -0.198 e. The van der Waals surface area contributed by atoms with Crippen LogP contribution in [0.5, 0.6) is 0 Å². The fourth-order valence-corrected chi connectivity index (χ4v) is 3.02. The van der Waals surface area contributed by atoms with Crippen LogP contribution in [-0.2, 0) is 0 Å². The Morgan fingerprint density at radius 3 is 2.05 bits per heavy atom. The molecular formula is C17H12Cl2N2. The van der Waals surface area contributed by atoms with E-state index in [1.807, 2.05) is 30.3 Å². The van der Waals surface area contributed by atoms with Crippen LogP contribution in [0.3, 0.4) is 0 Å². The Kier molecular flexibility index (Phi) is 5.23. The highest BCUT2D eigenvalue weighted by atomic mass is 35.5. The highest BCUT2D eigenvalue weighted by molar-refractivity contribution is 6.36. The Morgan fingerprint density at radius 2 is 1.52 bits per heavy atom. The molecule has 0 saturated carbocycles. The Balaban J connectivity index is 2.52. The van der Waals surface area contributed by atoms with Gasteiger partial charge in [-0.05, 0) is 17.7 Å². The molecule has 2 rings (SSSR count). The smallest absolute Gasteiger partial charge is 0.0820 e. The molecule has 0 N–H and O–H groups in total. The van der Waals surface area contributed by atoms with Crippen LogP contribution in [0.1, 0.15) is 29.4 Å². The summed E-state index contributed by atoms with van der Waals surface area (Å²) in [6.45, 7) is 0. The summed E-state index contributed by atoms with van der Waals surface area (Å²) < 4.78 is 0. The first-order chi connectivity index (χ1) is 10.2. The molecule has 0 unspecified atom stereocenters. The second-order valence-corrected chi connectivity index (χ2v) is 5.44. The van der Waals surface area contributed by atoms with Gasteiger partial charge >= 0.3 is 0 Å². The molecule has 2 atom stereocenters. The summed E-state index contributed by atoms with van der Waals surface area (Å²) in [7, 11) is 0. The minimum absolute atomic E-state index is 0.226. The highest BCUT2D eigenvalue weighted by Crippen LogP contribution is 2.41. The lowest BCUT2D eigenvalue weighted by Gasteiger charge is -2.22. The topological polar surface area (TPSA) is 47.6 Å². The molecule has 0 aromatic heterocycles. The van der Waals surface area contributed by atoms with Gasteiger partial charge in [-0.15, -0.1) is 0 Å². The second-order valence-electron chi connectivity index (χ2n) is 4.62. The molecule has 0 bridgehead atoms. The van der Waals surface area contributed by atoms with Gasteiger partial charge in [-0.25, -0.2) is 0 Å². The van der Waals surface area contributed by atoms with Gasteiger partial charge < -0.3 is 0 Å². The molecule has 0 aliphatic carbocycles. The fraction of sp³-hybridized carbons (Fsp3) is 0.176. The van der Waals surface area contributed by atoms with Crippen molar-refractivity contribution in [2.45, 2.75) is 18.3 Å². The molecule has 0 saturated heterocycles. The van der Waals surface area contributed by atoms with E-state index < -0.39 is 5.92 Å². The first-order valence-electron chi connectivity index (χ1n) is 6.44. The molecule has 104 valence electrons. The Labute approximate surface area is 134 Å². The summed E-state index contributed by atoms with van der Waals surface area (Å²) in [6, 6.07) is 19.1. The highest BCUT2D eigenvalue weighted by Gasteiger charge is 2.28. The van der Waals surface area contributed by atoms with Gasteiger partial charge in [0.1, 0.15) is 0 Å². The molecule has 4 heteroatoms. The summed E-state index contributed by atoms with van der Waals surface area (Å²) in [5, 5.41) is 19.6. The fourth-order valence-electron chi connectivity index (χ4n) is 2.39. The molecule has 2 aromatic rings. The van der Waals surface area contributed by atoms with E-state index >= 15 is 0 Å². The zero-order chi connectivity index (χ0) is 15.2. The lowest BCUT2D eigenvalue weighted by molar-refractivity contribution is 0.641. The van der Waals surface area contributed by atoms with E-state index in [0.29, 0.717) is 15.6 Å². The Bertz CT molecular complexity index is 679. The van der Waals surface area contributed by atoms with Crippen LogP contribution in [0.2, 0.25) is 10.0 Å². The van der Waals surface area contributed by atoms with Crippen molar-refractivity contribution in [1.29, 1.82) is 10.5 Å². The minimum atomic E-state index is -0.562. The first-order valence-corrected chi connectivity index (χ1v) is 7.20. The zero-order valence-electron chi connectivity index (χ0n) is 11.1. The maximum atomic E-state index is 9.61. The van der Waals surface area contributed by atoms with Crippen LogP contribution in [0.25, 0.3) is 0 Å². The van der Waals surface area contributed by atoms with E-state index in [4.69, 9.17) is 28.5 Å². The van der Waals surface area contributed by atoms with Crippen LogP contribution < -0.4 is 0 Å². The average Bonchev–Trinajstić information content (AvgIpc) is 2.50. The molecule has 0 spiro atoms. The summed E-state index contributed by atoms with van der Waals surface area (Å²) in [4.78, 5) is 0. The van der Waals surface area contributed by atoms with Crippen LogP contribution in [0.4, 0.5) is 0 Å². The number of halogens is 2. The van der Waals surface area contributed by atoms with Crippen LogP contribution in [-0.4, -0.2) is 0 Å². The van der Waals surface area contributed by atoms with Crippen LogP contribution >= 0.6 is 23.2 Å². The standard InChI is InChI=1S/C17H12Cl2N2/c18-15-7-4-8-16(19)17(15)14(11-21)13(9-10-20)12-5-2-1-3-6-12/h1-8,13-14H,9H2/t13-,14+/m0/s1. The monoisotopic (exact) mass is 314 g/mol. The second kappa shape index (κ2) is 7.14. The normalized spacial score (nSPS) is 13.0. The summed E-state index contributed by atoms with van der Waals surface area (Å²) >= 11 is 12.4. The van der Waals surface area contributed by atoms with Crippen molar-refractivity contribution in [1.82, 2.24) is 0 Å². The SMILES string of the molecule is N#CC[C@@H](c1ccccc1)[C@@H](C#N)c1c(Cl)cccc1Cl. The van der Waals surface area contributed by atoms with E-state index in [1.54, 1.807) is 18.2 Å². The van der Waals surface area contributed by atoms with E-state index in [2.05, 4.69) is 12.1 Å². The largest absolute Gasteiger partial charge is 0.198 e. The number of nitriles is 2. The number of hydrogen-bond donors (Lipinski definition) is 0. The van der Waals surface area contributed by atoms with Crippen molar-refractivity contribution in [3.63, 3.8) is 0 Å². The van der Waals surface area contributed by atoms with Crippen molar-refractivity contribution in [2.24, 2.45) is 0 Å². The summed E-state index contributed by atoms with van der Waals surface area (Å²) in [5.74, 6) is -0.827. The van der Waals surface area contributed by atoms with Gasteiger partial charge in [-0.2, -0.15) is 10.5 Å². The summed E-state index contributed by atoms with van der Waals surface area (Å²) in [5.41, 5.74) is 1.52. The number of nitrogens with zero attached hydrogens (tertiary/aromatic N) is 2. The Morgan fingerprint density at radius 1 is 0.905 bits per heavy atom. The molecule has 0 fully saturated rings. The molecule has 0 radical (unpaired) electrons. The number of rotatable bonds is 4. The molecular weight excluding hydrogens is 303 g/mol. The quantitative estimate of drug-likeness (QED) is 0.769. The molecule has 0 amide bonds. The van der Waals surface area contributed by atoms with E-state index in [1.165, 1.54) is 0 Å². The van der Waals surface area contributed by atoms with E-state index in [-0.39, 0.29) is 12.3 Å². The third-order valence-corrected chi connectivity index (χ3v) is 4.05. The molecule has 0 aliphatic rings. The van der Waals surface area contributed by atoms with Crippen LogP contribution in [0.15, 0.2) is 48.5 Å². The first kappa shape index (κ1) is 15.4. The Hall–Kier alpha value is -2.00. The van der Waals surface area contributed by atoms with Crippen LogP contribution in [0, 0.1) is 22.7 Å². The average molecular weight is 315 g/mol. The van der Waals surface area contributed by atoms with Gasteiger partial charge in [-0.1, -0.05) is 59.6 Å². The number of hydrogen-bond acceptors (Lipinski definition) is 2. The van der Waals surface area contributed by atoms with Gasteiger partial charge in [0, 0.05) is 27.9 Å². The van der Waals surface area contributed by atoms with Gasteiger partial charge in [0.2, 0.25) is 0 Å². The maximum Gasteiger partial charge on any atom is 0.0820 e. The van der Waals surface area contributed by atoms with Crippen molar-refractivity contribution >= 4 is 23.2 Å². The maximum absolute atomic E-state index is 9.61. The van der Waals surface area contributed by atoms with Gasteiger partial charge in [0.25, 0.3) is 0 Å². The molecule has 2 nitrogen and oxygen atoms in total. The lowest BCUT2D eigenvalue weighted by Crippen LogP contribution is -2.11. The summed E-state index contributed by atoms with van der Waals surface area (Å²) in [6.07, 6.45) is 0.226. The van der Waals surface area contributed by atoms with Crippen molar-refractivity contribution in [3.05, 3.63) is 69.7 Å². The molecule has 0 aliphatic heterocycles. The third-order valence-electron chi connectivity index (χ3n) is 3.39. The molecule has 0 heterocycles. The molecule has 21 heavy (non-hydrogen) atoms. The lowest BCUT2D eigenvalue weighted by atomic mass is 9.80. The predicted octanol–water partition coefficient (Wildman–Crippen LogP) is 5.30. The van der Waals surface area contributed by atoms with Gasteiger partial charge in [-0.3, -0.25) is 0 Å². The van der Waals surface area contributed by atoms with Gasteiger partial charge in [0.05, 0.1) is 18.1 Å². The number of benzene rings is 2. The van der Waals surface area contributed by atoms with E-state index in [0.717, 1.165) is 5.56 Å². The zero-order valence-corrected chi connectivity index (χ0v) is 12.6. The van der Waals surface area contributed by atoms with E-state index in [9.17, 15) is 5.26 Å². The van der Waals surface area contributed by atoms with Crippen molar-refractivity contribution in [3.8, 4) is 12.1 Å².